The van der Waals surface area contributed by atoms with E-state index >= 15 is 0 Å². The molecule has 1 aliphatic rings. The molecule has 1 aromatic rings. The molecule has 92 valence electrons. The molecule has 0 saturated heterocycles. The van der Waals surface area contributed by atoms with Gasteiger partial charge < -0.3 is 14.4 Å². The third kappa shape index (κ3) is 3.22. The summed E-state index contributed by atoms with van der Waals surface area (Å²) >= 11 is 0. The van der Waals surface area contributed by atoms with Crippen molar-refractivity contribution >= 4 is 11.5 Å². The van der Waals surface area contributed by atoms with Crippen LogP contribution >= 0.6 is 0 Å². The fourth-order valence-electron chi connectivity index (χ4n) is 2.15. The minimum absolute atomic E-state index is 0.268. The Balaban J connectivity index is 2.04. The van der Waals surface area contributed by atoms with Crippen LogP contribution in [0.25, 0.3) is 0 Å². The quantitative estimate of drug-likeness (QED) is 0.800. The van der Waals surface area contributed by atoms with Crippen LogP contribution in [0.4, 0.5) is 5.69 Å². The van der Waals surface area contributed by atoms with Crippen molar-refractivity contribution in [3.63, 3.8) is 0 Å². The van der Waals surface area contributed by atoms with Crippen molar-refractivity contribution in [3.8, 4) is 5.75 Å². The maximum atomic E-state index is 11.0. The van der Waals surface area contributed by atoms with Crippen LogP contribution in [0.15, 0.2) is 24.3 Å². The van der Waals surface area contributed by atoms with Gasteiger partial charge in [-0.05, 0) is 31.9 Å². The zero-order valence-electron chi connectivity index (χ0n) is 10.3. The molecule has 1 aromatic carbocycles. The highest BCUT2D eigenvalue weighted by molar-refractivity contribution is 5.75. The van der Waals surface area contributed by atoms with Gasteiger partial charge in [0.25, 0.3) is 0 Å². The Labute approximate surface area is 102 Å². The smallest absolute Gasteiger partial charge is 0.142 e. The van der Waals surface area contributed by atoms with Gasteiger partial charge >= 0.3 is 0 Å². The largest absolute Gasteiger partial charge is 0.491 e. The highest BCUT2D eigenvalue weighted by Crippen LogP contribution is 2.30. The summed E-state index contributed by atoms with van der Waals surface area (Å²) in [6.07, 6.45) is 2.62. The molecular weight excluding hydrogens is 214 g/mol. The van der Waals surface area contributed by atoms with Crippen LogP contribution in [0.3, 0.4) is 0 Å². The lowest BCUT2D eigenvalue weighted by Crippen LogP contribution is -2.25. The minimum Gasteiger partial charge on any atom is -0.491 e. The van der Waals surface area contributed by atoms with Crippen molar-refractivity contribution in [1.82, 2.24) is 0 Å². The molecule has 1 aliphatic heterocycles. The van der Waals surface area contributed by atoms with E-state index in [2.05, 4.69) is 11.0 Å². The van der Waals surface area contributed by atoms with Gasteiger partial charge in [0.1, 0.15) is 11.5 Å². The van der Waals surface area contributed by atoms with E-state index in [0.717, 1.165) is 44.0 Å². The highest BCUT2D eigenvalue weighted by atomic mass is 16.5. The van der Waals surface area contributed by atoms with E-state index in [4.69, 9.17) is 4.74 Å². The van der Waals surface area contributed by atoms with Gasteiger partial charge in [0.05, 0.1) is 12.3 Å². The fraction of sp³-hybridized carbons (Fsp3) is 0.500. The number of benzene rings is 1. The number of rotatable bonds is 4. The number of fused-ring (bicyclic) bond motifs is 1. The molecule has 0 atom stereocenters. The molecule has 0 aromatic heterocycles. The second kappa shape index (κ2) is 5.71. The van der Waals surface area contributed by atoms with Crippen LogP contribution in [0.5, 0.6) is 5.75 Å². The van der Waals surface area contributed by atoms with Crippen molar-refractivity contribution in [2.75, 3.05) is 24.6 Å². The maximum Gasteiger partial charge on any atom is 0.142 e. The topological polar surface area (TPSA) is 29.5 Å². The number of hydrogen-bond acceptors (Lipinski definition) is 3. The normalized spacial score (nSPS) is 14.8. The number of ether oxygens (including phenoxy) is 1. The molecule has 3 heteroatoms. The van der Waals surface area contributed by atoms with Crippen LogP contribution < -0.4 is 9.64 Å². The molecule has 0 unspecified atom stereocenters. The first-order chi connectivity index (χ1) is 8.27. The van der Waals surface area contributed by atoms with Crippen molar-refractivity contribution < 1.29 is 9.53 Å². The van der Waals surface area contributed by atoms with Crippen LogP contribution in [0.1, 0.15) is 26.2 Å². The average molecular weight is 233 g/mol. The average Bonchev–Trinajstić information content (AvgIpc) is 2.52. The van der Waals surface area contributed by atoms with Crippen LogP contribution in [-0.2, 0) is 4.79 Å². The van der Waals surface area contributed by atoms with Gasteiger partial charge in [0.15, 0.2) is 0 Å². The molecule has 0 radical (unpaired) electrons. The number of carbonyl (C=O) groups excluding carboxylic acids is 1. The van der Waals surface area contributed by atoms with Crippen LogP contribution in [0.2, 0.25) is 0 Å². The summed E-state index contributed by atoms with van der Waals surface area (Å²) in [4.78, 5) is 13.3. The highest BCUT2D eigenvalue weighted by Gasteiger charge is 2.15. The number of anilines is 1. The van der Waals surface area contributed by atoms with Crippen LogP contribution in [-0.4, -0.2) is 25.5 Å². The zero-order chi connectivity index (χ0) is 12.1. The number of nitrogens with zero attached hydrogens (tertiary/aromatic N) is 1. The van der Waals surface area contributed by atoms with Gasteiger partial charge in [0.2, 0.25) is 0 Å². The van der Waals surface area contributed by atoms with Gasteiger partial charge in [0, 0.05) is 19.5 Å². The first-order valence-electron chi connectivity index (χ1n) is 6.23. The van der Waals surface area contributed by atoms with Gasteiger partial charge in [-0.25, -0.2) is 0 Å². The van der Waals surface area contributed by atoms with E-state index in [1.807, 2.05) is 18.2 Å². The number of carbonyl (C=O) groups is 1. The van der Waals surface area contributed by atoms with Crippen molar-refractivity contribution in [2.24, 2.45) is 0 Å². The molecule has 0 amide bonds. The van der Waals surface area contributed by atoms with Crippen LogP contribution in [0, 0.1) is 0 Å². The molecule has 0 spiro atoms. The van der Waals surface area contributed by atoms with Gasteiger partial charge in [-0.1, -0.05) is 12.1 Å². The Bertz CT molecular complexity index is 390. The lowest BCUT2D eigenvalue weighted by atomic mass is 10.2. The second-order valence-corrected chi connectivity index (χ2v) is 4.46. The predicted octanol–water partition coefficient (Wildman–Crippen LogP) is 2.64. The van der Waals surface area contributed by atoms with E-state index in [1.54, 1.807) is 6.92 Å². The number of para-hydroxylation sites is 2. The Morgan fingerprint density at radius 2 is 2.24 bits per heavy atom. The summed E-state index contributed by atoms with van der Waals surface area (Å²) in [6.45, 7) is 4.37. The van der Waals surface area contributed by atoms with Gasteiger partial charge in [-0.3, -0.25) is 0 Å². The molecule has 0 bridgehead atoms. The lowest BCUT2D eigenvalue weighted by Gasteiger charge is -2.23. The standard InChI is InChI=1S/C14H19NO2/c1-12(16)6-4-9-15-10-5-11-17-14-8-3-2-7-13(14)15/h2-3,7-8H,4-6,9-11H2,1H3. The minimum atomic E-state index is 0.268. The Morgan fingerprint density at radius 1 is 1.41 bits per heavy atom. The van der Waals surface area contributed by atoms with Crippen molar-refractivity contribution in [2.45, 2.75) is 26.2 Å². The number of Topliss-reactive ketones (excluding diaryl/α,β-unsaturated/α-hetero) is 1. The Hall–Kier alpha value is -1.51. The monoisotopic (exact) mass is 233 g/mol. The number of ketones is 1. The molecule has 0 fully saturated rings. The van der Waals surface area contributed by atoms with Crippen molar-refractivity contribution in [1.29, 1.82) is 0 Å². The van der Waals surface area contributed by atoms with E-state index in [1.165, 1.54) is 0 Å². The molecule has 0 saturated carbocycles. The summed E-state index contributed by atoms with van der Waals surface area (Å²) in [5.74, 6) is 1.23. The molecule has 0 aliphatic carbocycles. The summed E-state index contributed by atoms with van der Waals surface area (Å²) in [5.41, 5.74) is 1.16. The summed E-state index contributed by atoms with van der Waals surface area (Å²) in [7, 11) is 0. The van der Waals surface area contributed by atoms with E-state index < -0.39 is 0 Å². The molecule has 3 nitrogen and oxygen atoms in total. The molecule has 1 heterocycles. The predicted molar refractivity (Wildman–Crippen MR) is 68.7 cm³/mol. The van der Waals surface area contributed by atoms with E-state index in [-0.39, 0.29) is 5.78 Å². The second-order valence-electron chi connectivity index (χ2n) is 4.46. The SMILES string of the molecule is CC(=O)CCCN1CCCOc2ccccc21. The molecule has 2 rings (SSSR count). The molecule has 0 N–H and O–H groups in total. The van der Waals surface area contributed by atoms with E-state index in [0.29, 0.717) is 6.42 Å². The first-order valence-corrected chi connectivity index (χ1v) is 6.23. The summed E-state index contributed by atoms with van der Waals surface area (Å²) in [6, 6.07) is 8.14. The Kier molecular flexibility index (Phi) is 4.02. The third-order valence-corrected chi connectivity index (χ3v) is 2.99. The van der Waals surface area contributed by atoms with Crippen molar-refractivity contribution in [3.05, 3.63) is 24.3 Å². The third-order valence-electron chi connectivity index (χ3n) is 2.99. The molecular formula is C14H19NO2. The summed E-state index contributed by atoms with van der Waals surface area (Å²) < 4.78 is 5.70. The summed E-state index contributed by atoms with van der Waals surface area (Å²) in [5, 5.41) is 0. The van der Waals surface area contributed by atoms with Gasteiger partial charge in [-0.2, -0.15) is 0 Å². The maximum absolute atomic E-state index is 11.0. The van der Waals surface area contributed by atoms with E-state index in [9.17, 15) is 4.79 Å². The van der Waals surface area contributed by atoms with Gasteiger partial charge in [-0.15, -0.1) is 0 Å². The number of hydrogen-bond donors (Lipinski definition) is 0. The first kappa shape index (κ1) is 12.0. The Morgan fingerprint density at radius 3 is 3.06 bits per heavy atom. The lowest BCUT2D eigenvalue weighted by molar-refractivity contribution is -0.117. The zero-order valence-corrected chi connectivity index (χ0v) is 10.3. The molecule has 17 heavy (non-hydrogen) atoms. The fourth-order valence-corrected chi connectivity index (χ4v) is 2.15.